The van der Waals surface area contributed by atoms with E-state index in [9.17, 15) is 9.59 Å². The minimum atomic E-state index is -0.795. The first-order valence-electron chi connectivity index (χ1n) is 5.11. The van der Waals surface area contributed by atoms with Crippen molar-refractivity contribution in [3.05, 3.63) is 0 Å². The van der Waals surface area contributed by atoms with Crippen LogP contribution in [0.25, 0.3) is 0 Å². The maximum Gasteiger partial charge on any atom is 0.306 e. The molecule has 0 aliphatic carbocycles. The minimum absolute atomic E-state index is 0.0107. The topological polar surface area (TPSA) is 54.4 Å². The van der Waals surface area contributed by atoms with Gasteiger partial charge in [0.05, 0.1) is 5.92 Å². The summed E-state index contributed by atoms with van der Waals surface area (Å²) in [5, 5.41) is 8.88. The Morgan fingerprint density at radius 2 is 1.64 bits per heavy atom. The lowest BCUT2D eigenvalue weighted by molar-refractivity contribution is -0.143. The molecule has 0 rings (SSSR count). The summed E-state index contributed by atoms with van der Waals surface area (Å²) < 4.78 is 0. The number of ketones is 1. The molecule has 0 spiro atoms. The Labute approximate surface area is 85.5 Å². The third-order valence-electron chi connectivity index (χ3n) is 2.47. The summed E-state index contributed by atoms with van der Waals surface area (Å²) in [7, 11) is 0. The van der Waals surface area contributed by atoms with E-state index in [1.54, 1.807) is 0 Å². The van der Waals surface area contributed by atoms with E-state index in [1.165, 1.54) is 0 Å². The van der Waals surface area contributed by atoms with Crippen LogP contribution in [0.4, 0.5) is 0 Å². The van der Waals surface area contributed by atoms with E-state index in [4.69, 9.17) is 5.11 Å². The third kappa shape index (κ3) is 4.40. The predicted molar refractivity (Wildman–Crippen MR) is 55.0 cm³/mol. The second-order valence-electron chi connectivity index (χ2n) is 4.35. The molecule has 14 heavy (non-hydrogen) atoms. The van der Waals surface area contributed by atoms with Crippen molar-refractivity contribution in [2.24, 2.45) is 17.8 Å². The van der Waals surface area contributed by atoms with E-state index >= 15 is 0 Å². The van der Waals surface area contributed by atoms with Gasteiger partial charge in [-0.15, -0.1) is 0 Å². The lowest BCUT2D eigenvalue weighted by Crippen LogP contribution is -2.21. The number of hydrogen-bond donors (Lipinski definition) is 1. The van der Waals surface area contributed by atoms with Gasteiger partial charge in [0.1, 0.15) is 5.78 Å². The van der Waals surface area contributed by atoms with E-state index in [0.717, 1.165) is 0 Å². The molecule has 3 nitrogen and oxygen atoms in total. The van der Waals surface area contributed by atoms with Crippen LogP contribution in [0, 0.1) is 17.8 Å². The van der Waals surface area contributed by atoms with Crippen LogP contribution in [0.3, 0.4) is 0 Å². The van der Waals surface area contributed by atoms with Gasteiger partial charge in [0.25, 0.3) is 0 Å². The van der Waals surface area contributed by atoms with E-state index in [1.807, 2.05) is 27.7 Å². The molecule has 82 valence electrons. The Kier molecular flexibility index (Phi) is 5.43. The van der Waals surface area contributed by atoms with Gasteiger partial charge in [-0.05, 0) is 12.3 Å². The van der Waals surface area contributed by atoms with Gasteiger partial charge in [0.15, 0.2) is 0 Å². The molecule has 0 unspecified atom stereocenters. The zero-order chi connectivity index (χ0) is 11.3. The fourth-order valence-electron chi connectivity index (χ4n) is 1.33. The first-order chi connectivity index (χ1) is 6.36. The maximum absolute atomic E-state index is 11.3. The van der Waals surface area contributed by atoms with Crippen molar-refractivity contribution in [3.63, 3.8) is 0 Å². The number of carbonyl (C=O) groups excluding carboxylic acids is 1. The molecule has 0 radical (unpaired) electrons. The van der Waals surface area contributed by atoms with Crippen LogP contribution in [0.15, 0.2) is 0 Å². The maximum atomic E-state index is 11.3. The van der Waals surface area contributed by atoms with E-state index in [2.05, 4.69) is 0 Å². The Morgan fingerprint density at radius 3 is 1.93 bits per heavy atom. The molecule has 0 aromatic heterocycles. The zero-order valence-corrected chi connectivity index (χ0v) is 9.41. The number of aliphatic carboxylic acids is 1. The molecule has 0 fully saturated rings. The summed E-state index contributed by atoms with van der Waals surface area (Å²) in [5.74, 6) is -0.935. The normalized spacial score (nSPS) is 13.3. The van der Waals surface area contributed by atoms with Crippen molar-refractivity contribution >= 4 is 11.8 Å². The highest BCUT2D eigenvalue weighted by atomic mass is 16.4. The van der Waals surface area contributed by atoms with Crippen LogP contribution in [0.1, 0.15) is 40.5 Å². The van der Waals surface area contributed by atoms with Crippen LogP contribution in [0.5, 0.6) is 0 Å². The number of carboxylic acid groups (broad SMARTS) is 1. The SMILES string of the molecule is CC(C)C(=O)CC[C@@H](C(=O)O)C(C)C. The summed E-state index contributed by atoms with van der Waals surface area (Å²) in [6, 6.07) is 0. The summed E-state index contributed by atoms with van der Waals surface area (Å²) in [6.45, 7) is 7.43. The zero-order valence-electron chi connectivity index (χ0n) is 9.41. The summed E-state index contributed by atoms with van der Waals surface area (Å²) in [4.78, 5) is 22.1. The molecule has 3 heteroatoms. The summed E-state index contributed by atoms with van der Waals surface area (Å²) >= 11 is 0. The van der Waals surface area contributed by atoms with Crippen LogP contribution in [0.2, 0.25) is 0 Å². The van der Waals surface area contributed by atoms with E-state index in [-0.39, 0.29) is 17.6 Å². The second kappa shape index (κ2) is 5.78. The molecule has 0 amide bonds. The number of carboxylic acids is 1. The quantitative estimate of drug-likeness (QED) is 0.716. The van der Waals surface area contributed by atoms with Crippen molar-refractivity contribution in [2.45, 2.75) is 40.5 Å². The van der Waals surface area contributed by atoms with Gasteiger partial charge in [0.2, 0.25) is 0 Å². The van der Waals surface area contributed by atoms with Gasteiger partial charge >= 0.3 is 5.97 Å². The average Bonchev–Trinajstić information content (AvgIpc) is 2.02. The number of hydrogen-bond acceptors (Lipinski definition) is 2. The molecule has 0 saturated heterocycles. The molecule has 1 N–H and O–H groups in total. The van der Waals surface area contributed by atoms with Gasteiger partial charge in [-0.2, -0.15) is 0 Å². The van der Waals surface area contributed by atoms with Crippen molar-refractivity contribution < 1.29 is 14.7 Å². The monoisotopic (exact) mass is 200 g/mol. The van der Waals surface area contributed by atoms with Crippen LogP contribution in [-0.4, -0.2) is 16.9 Å². The highest BCUT2D eigenvalue weighted by Crippen LogP contribution is 2.18. The molecular weight excluding hydrogens is 180 g/mol. The lowest BCUT2D eigenvalue weighted by Gasteiger charge is -2.15. The molecule has 0 aliphatic rings. The Balaban J connectivity index is 4.08. The van der Waals surface area contributed by atoms with E-state index < -0.39 is 11.9 Å². The summed E-state index contributed by atoms with van der Waals surface area (Å²) in [5.41, 5.74) is 0. The molecule has 0 saturated carbocycles. The molecule has 0 heterocycles. The van der Waals surface area contributed by atoms with Crippen molar-refractivity contribution in [2.75, 3.05) is 0 Å². The fraction of sp³-hybridized carbons (Fsp3) is 0.818. The number of carbonyl (C=O) groups is 2. The number of Topliss-reactive ketones (excluding diaryl/α,β-unsaturated/α-hetero) is 1. The van der Waals surface area contributed by atoms with Crippen LogP contribution >= 0.6 is 0 Å². The van der Waals surface area contributed by atoms with Gasteiger partial charge in [-0.1, -0.05) is 27.7 Å². The smallest absolute Gasteiger partial charge is 0.306 e. The molecule has 1 atom stereocenters. The second-order valence-corrected chi connectivity index (χ2v) is 4.35. The van der Waals surface area contributed by atoms with Gasteiger partial charge < -0.3 is 5.11 Å². The number of rotatable bonds is 6. The molecule has 0 aliphatic heterocycles. The van der Waals surface area contributed by atoms with E-state index in [0.29, 0.717) is 12.8 Å². The fourth-order valence-corrected chi connectivity index (χ4v) is 1.33. The molecule has 0 aromatic carbocycles. The first-order valence-corrected chi connectivity index (χ1v) is 5.11. The predicted octanol–water partition coefficient (Wildman–Crippen LogP) is 2.35. The Bertz CT molecular complexity index is 207. The minimum Gasteiger partial charge on any atom is -0.481 e. The standard InChI is InChI=1S/C11H20O3/c1-7(2)9(11(13)14)5-6-10(12)8(3)4/h7-9H,5-6H2,1-4H3,(H,13,14)/t9-/m1/s1. The Hall–Kier alpha value is -0.860. The molecule has 0 bridgehead atoms. The molecular formula is C11H20O3. The van der Waals surface area contributed by atoms with Crippen molar-refractivity contribution in [1.29, 1.82) is 0 Å². The van der Waals surface area contributed by atoms with Gasteiger partial charge in [-0.3, -0.25) is 9.59 Å². The van der Waals surface area contributed by atoms with Crippen LogP contribution < -0.4 is 0 Å². The summed E-state index contributed by atoms with van der Waals surface area (Å²) in [6.07, 6.45) is 0.844. The van der Waals surface area contributed by atoms with Gasteiger partial charge in [-0.25, -0.2) is 0 Å². The van der Waals surface area contributed by atoms with Crippen molar-refractivity contribution in [3.8, 4) is 0 Å². The Morgan fingerprint density at radius 1 is 1.14 bits per heavy atom. The third-order valence-corrected chi connectivity index (χ3v) is 2.47. The highest BCUT2D eigenvalue weighted by Gasteiger charge is 2.22. The largest absolute Gasteiger partial charge is 0.481 e. The first kappa shape index (κ1) is 13.1. The molecule has 0 aromatic rings. The lowest BCUT2D eigenvalue weighted by atomic mass is 9.89. The highest BCUT2D eigenvalue weighted by molar-refractivity contribution is 5.81. The van der Waals surface area contributed by atoms with Crippen molar-refractivity contribution in [1.82, 2.24) is 0 Å². The van der Waals surface area contributed by atoms with Crippen LogP contribution in [-0.2, 0) is 9.59 Å². The van der Waals surface area contributed by atoms with Gasteiger partial charge in [0, 0.05) is 12.3 Å². The average molecular weight is 200 g/mol.